The third-order valence-corrected chi connectivity index (χ3v) is 9.40. The molecule has 0 N–H and O–H groups in total. The summed E-state index contributed by atoms with van der Waals surface area (Å²) in [6.07, 6.45) is 5.81. The topological polar surface area (TPSA) is 0 Å². The fourth-order valence-corrected chi connectivity index (χ4v) is 6.71. The second-order valence-electron chi connectivity index (χ2n) is 9.23. The number of rotatable bonds is 5. The fraction of sp³-hybridized carbons (Fsp3) is 0.212. The first-order valence-corrected chi connectivity index (χ1v) is 18.7. The molecular formula is C33H34SiZr. The van der Waals surface area contributed by atoms with Gasteiger partial charge in [-0.05, 0) is 0 Å². The maximum absolute atomic E-state index is 2.44. The van der Waals surface area contributed by atoms with Crippen molar-refractivity contribution in [1.29, 1.82) is 0 Å². The van der Waals surface area contributed by atoms with E-state index in [1.54, 1.807) is 6.04 Å². The first-order chi connectivity index (χ1) is 17.2. The van der Waals surface area contributed by atoms with E-state index in [1.807, 2.05) is 23.3 Å². The summed E-state index contributed by atoms with van der Waals surface area (Å²) in [7, 11) is 0. The zero-order valence-corrected chi connectivity index (χ0v) is 24.4. The van der Waals surface area contributed by atoms with Gasteiger partial charge in [0.25, 0.3) is 0 Å². The van der Waals surface area contributed by atoms with Crippen LogP contribution in [0.15, 0.2) is 109 Å². The Hall–Kier alpha value is -2.28. The van der Waals surface area contributed by atoms with Gasteiger partial charge in [-0.15, -0.1) is 79.5 Å². The Balaban J connectivity index is 0.000000127. The number of hydrogen-bond acceptors (Lipinski definition) is 0. The van der Waals surface area contributed by atoms with E-state index in [0.29, 0.717) is 0 Å². The Morgan fingerprint density at radius 1 is 0.543 bits per heavy atom. The average Bonchev–Trinajstić information content (AvgIpc) is 3.46. The summed E-state index contributed by atoms with van der Waals surface area (Å²) in [5.41, 5.74) is 0.175. The van der Waals surface area contributed by atoms with Crippen LogP contribution in [0.1, 0.15) is 32.6 Å². The van der Waals surface area contributed by atoms with Gasteiger partial charge in [-0.25, -0.2) is 0 Å². The second kappa shape index (κ2) is 13.1. The van der Waals surface area contributed by atoms with Gasteiger partial charge in [-0.3, -0.25) is 0 Å². The van der Waals surface area contributed by atoms with Crippen molar-refractivity contribution < 1.29 is 23.3 Å². The molecule has 6 aromatic carbocycles. The summed E-state index contributed by atoms with van der Waals surface area (Å²) in [4.78, 5) is 0. The minimum absolute atomic E-state index is 0.175. The predicted molar refractivity (Wildman–Crippen MR) is 155 cm³/mol. The molecule has 0 spiro atoms. The Kier molecular flexibility index (Phi) is 9.69. The van der Waals surface area contributed by atoms with Crippen molar-refractivity contribution in [2.24, 2.45) is 0 Å². The first kappa shape index (κ1) is 25.8. The Labute approximate surface area is 225 Å². The van der Waals surface area contributed by atoms with Gasteiger partial charge in [0.05, 0.1) is 0 Å². The van der Waals surface area contributed by atoms with Crippen molar-refractivity contribution in [3.8, 4) is 0 Å². The van der Waals surface area contributed by atoms with Gasteiger partial charge >= 0.3 is 74.0 Å². The second-order valence-corrected chi connectivity index (χ2v) is 17.6. The maximum Gasteiger partial charge on any atom is -0.0771 e. The Morgan fingerprint density at radius 3 is 1.20 bits per heavy atom. The van der Waals surface area contributed by atoms with Gasteiger partial charge in [0.15, 0.2) is 0 Å². The zero-order chi connectivity index (χ0) is 24.5. The molecule has 0 bridgehead atoms. The molecule has 0 saturated carbocycles. The molecule has 174 valence electrons. The number of hydrogen-bond donors (Lipinski definition) is 0. The van der Waals surface area contributed by atoms with Crippen LogP contribution in [0.4, 0.5) is 0 Å². The molecule has 6 rings (SSSR count). The molecule has 6 aromatic rings. The van der Waals surface area contributed by atoms with Gasteiger partial charge in [-0.2, -0.15) is 0 Å². The van der Waals surface area contributed by atoms with Crippen LogP contribution in [0.3, 0.4) is 0 Å². The minimum Gasteiger partial charge on any atom is -0.126 e. The molecule has 0 radical (unpaired) electrons. The van der Waals surface area contributed by atoms with E-state index in [2.05, 4.69) is 123 Å². The van der Waals surface area contributed by atoms with Crippen LogP contribution in [0.2, 0.25) is 12.6 Å². The van der Waals surface area contributed by atoms with Gasteiger partial charge < -0.3 is 0 Å². The molecule has 0 unspecified atom stereocenters. The van der Waals surface area contributed by atoms with E-state index in [4.69, 9.17) is 0 Å². The van der Waals surface area contributed by atoms with Crippen LogP contribution < -0.4 is 0 Å². The third kappa shape index (κ3) is 6.90. The summed E-state index contributed by atoms with van der Waals surface area (Å²) in [5.74, 6) is 0. The van der Waals surface area contributed by atoms with Crippen LogP contribution in [-0.4, -0.2) is 5.43 Å². The first-order valence-electron chi connectivity index (χ1n) is 12.8. The summed E-state index contributed by atoms with van der Waals surface area (Å²) >= 11 is 1.81. The van der Waals surface area contributed by atoms with Crippen LogP contribution in [0, 0.1) is 0 Å². The van der Waals surface area contributed by atoms with Crippen LogP contribution in [0.5, 0.6) is 0 Å². The molecular weight excluding hydrogens is 516 g/mol. The average molecular weight is 550 g/mol. The summed E-state index contributed by atoms with van der Waals surface area (Å²) < 4.78 is 0. The van der Waals surface area contributed by atoms with Gasteiger partial charge in [0, 0.05) is 0 Å². The quantitative estimate of drug-likeness (QED) is 0.114. The molecule has 0 aliphatic rings. The molecule has 0 fully saturated rings. The maximum atomic E-state index is 2.44. The Bertz CT molecular complexity index is 1310. The smallest absolute Gasteiger partial charge is 0.0771 e. The van der Waals surface area contributed by atoms with E-state index in [9.17, 15) is 0 Å². The van der Waals surface area contributed by atoms with Crippen LogP contribution >= 0.6 is 0 Å². The van der Waals surface area contributed by atoms with Crippen molar-refractivity contribution in [3.05, 3.63) is 109 Å². The van der Waals surface area contributed by atoms with E-state index in [-0.39, 0.29) is 5.43 Å². The molecule has 0 atom stereocenters. The van der Waals surface area contributed by atoms with Crippen LogP contribution in [-0.2, 0) is 23.3 Å². The third-order valence-electron chi connectivity index (χ3n) is 6.45. The predicted octanol–water partition coefficient (Wildman–Crippen LogP) is 10.2. The molecule has 0 saturated heterocycles. The van der Waals surface area contributed by atoms with Gasteiger partial charge in [-0.1, -0.05) is 72.8 Å². The number of benzene rings is 4. The van der Waals surface area contributed by atoms with E-state index < -0.39 is 0 Å². The molecule has 0 amide bonds. The summed E-state index contributed by atoms with van der Waals surface area (Å²) in [6.45, 7) is 4.71. The molecule has 0 heterocycles. The van der Waals surface area contributed by atoms with Gasteiger partial charge in [0.1, 0.15) is 0 Å². The summed E-state index contributed by atoms with van der Waals surface area (Å²) in [6, 6.07) is 40.1. The summed E-state index contributed by atoms with van der Waals surface area (Å²) in [5, 5.41) is 10.8. The SMILES string of the molecule is CCCCCC[Si](C)=[Zr+2].c1ccc2c(c1)[cH-]c1ccccc12.c1ccc2c(c1)[cH-]c1ccccc12. The zero-order valence-electron chi connectivity index (χ0n) is 20.9. The fourth-order valence-electron chi connectivity index (χ4n) is 4.62. The van der Waals surface area contributed by atoms with Gasteiger partial charge in [0.2, 0.25) is 0 Å². The van der Waals surface area contributed by atoms with Crippen molar-refractivity contribution >= 4 is 48.5 Å². The molecule has 35 heavy (non-hydrogen) atoms. The van der Waals surface area contributed by atoms with Crippen LogP contribution in [0.25, 0.3) is 43.1 Å². The van der Waals surface area contributed by atoms with E-state index in [1.165, 1.54) is 68.8 Å². The minimum atomic E-state index is 0.175. The van der Waals surface area contributed by atoms with E-state index >= 15 is 0 Å². The normalized spacial score (nSPS) is 10.7. The number of fused-ring (bicyclic) bond motifs is 6. The molecule has 0 aliphatic heterocycles. The molecule has 2 heteroatoms. The monoisotopic (exact) mass is 548 g/mol. The molecule has 0 aromatic heterocycles. The standard InChI is InChI=1S/2C13H9.C7H16Si.Zr/c2*1-3-7-12-10(5-1)9-11-6-2-4-8-13(11)12;1-3-4-5-6-7-8-2;/h2*1-9H;3-7H2,1-2H3;/q2*-1;;+2. The molecule has 0 nitrogen and oxygen atoms in total. The van der Waals surface area contributed by atoms with Crippen molar-refractivity contribution in [2.45, 2.75) is 45.2 Å². The van der Waals surface area contributed by atoms with E-state index in [0.717, 1.165) is 0 Å². The van der Waals surface area contributed by atoms with Crippen molar-refractivity contribution in [1.82, 2.24) is 0 Å². The Morgan fingerprint density at radius 2 is 0.886 bits per heavy atom. The number of unbranched alkanes of at least 4 members (excludes halogenated alkanes) is 3. The van der Waals surface area contributed by atoms with Crippen molar-refractivity contribution in [2.75, 3.05) is 0 Å². The molecule has 0 aliphatic carbocycles. The van der Waals surface area contributed by atoms with Crippen molar-refractivity contribution in [3.63, 3.8) is 0 Å². The largest absolute Gasteiger partial charge is 0.126 e.